The standard InChI is InChI=1S/C22H21N3O4/c1-28-19-9-8-15(12-20(19)29-2)14-24-21(26)16-10-11-23-18(13-16)22(27)25-17-6-4-3-5-7-17/h3-13H,14H2,1-2H3,(H,24,26)(H,25,27). The molecule has 2 N–H and O–H groups in total. The van der Waals surface area contributed by atoms with Gasteiger partial charge in [0.1, 0.15) is 5.69 Å². The van der Waals surface area contributed by atoms with E-state index in [9.17, 15) is 9.59 Å². The molecule has 0 fully saturated rings. The van der Waals surface area contributed by atoms with E-state index < -0.39 is 0 Å². The summed E-state index contributed by atoms with van der Waals surface area (Å²) in [6.07, 6.45) is 1.44. The summed E-state index contributed by atoms with van der Waals surface area (Å²) < 4.78 is 10.5. The Balaban J connectivity index is 1.65. The highest BCUT2D eigenvalue weighted by molar-refractivity contribution is 6.04. The molecule has 1 aromatic heterocycles. The van der Waals surface area contributed by atoms with Gasteiger partial charge in [-0.25, -0.2) is 0 Å². The molecule has 3 rings (SSSR count). The van der Waals surface area contributed by atoms with Crippen LogP contribution in [0, 0.1) is 0 Å². The summed E-state index contributed by atoms with van der Waals surface area (Å²) in [4.78, 5) is 28.9. The number of benzene rings is 2. The van der Waals surface area contributed by atoms with Crippen molar-refractivity contribution >= 4 is 17.5 Å². The third-order valence-corrected chi connectivity index (χ3v) is 4.19. The van der Waals surface area contributed by atoms with Gasteiger partial charge in [-0.3, -0.25) is 14.6 Å². The molecule has 7 nitrogen and oxygen atoms in total. The molecule has 2 aromatic carbocycles. The Morgan fingerprint density at radius 3 is 2.38 bits per heavy atom. The van der Waals surface area contributed by atoms with Gasteiger partial charge in [-0.15, -0.1) is 0 Å². The molecule has 1 heterocycles. The molecule has 0 atom stereocenters. The average Bonchev–Trinajstić information content (AvgIpc) is 2.78. The van der Waals surface area contributed by atoms with Crippen molar-refractivity contribution < 1.29 is 19.1 Å². The summed E-state index contributed by atoms with van der Waals surface area (Å²) in [5.41, 5.74) is 2.01. The first-order chi connectivity index (χ1) is 14.1. The van der Waals surface area contributed by atoms with Crippen molar-refractivity contribution in [2.75, 3.05) is 19.5 Å². The summed E-state index contributed by atoms with van der Waals surface area (Å²) in [7, 11) is 3.12. The Kier molecular flexibility index (Phi) is 6.42. The van der Waals surface area contributed by atoms with Crippen LogP contribution in [-0.4, -0.2) is 31.0 Å². The Bertz CT molecular complexity index is 1010. The number of ether oxygens (including phenoxy) is 2. The van der Waals surface area contributed by atoms with Crippen molar-refractivity contribution in [3.05, 3.63) is 83.7 Å². The smallest absolute Gasteiger partial charge is 0.274 e. The number of methoxy groups -OCH3 is 2. The van der Waals surface area contributed by atoms with E-state index in [-0.39, 0.29) is 17.5 Å². The highest BCUT2D eigenvalue weighted by Crippen LogP contribution is 2.27. The van der Waals surface area contributed by atoms with Crippen LogP contribution in [0.1, 0.15) is 26.4 Å². The summed E-state index contributed by atoms with van der Waals surface area (Å²) in [5, 5.41) is 5.57. The first-order valence-electron chi connectivity index (χ1n) is 8.92. The first kappa shape index (κ1) is 19.9. The second-order valence-electron chi connectivity index (χ2n) is 6.12. The molecule has 29 heavy (non-hydrogen) atoms. The zero-order valence-electron chi connectivity index (χ0n) is 16.1. The van der Waals surface area contributed by atoms with Crippen LogP contribution in [0.5, 0.6) is 11.5 Å². The van der Waals surface area contributed by atoms with Crippen molar-refractivity contribution in [3.8, 4) is 11.5 Å². The fraction of sp³-hybridized carbons (Fsp3) is 0.136. The van der Waals surface area contributed by atoms with Crippen LogP contribution < -0.4 is 20.1 Å². The maximum atomic E-state index is 12.5. The Morgan fingerprint density at radius 1 is 0.897 bits per heavy atom. The molecular formula is C22H21N3O4. The zero-order valence-corrected chi connectivity index (χ0v) is 16.1. The summed E-state index contributed by atoms with van der Waals surface area (Å²) in [6.45, 7) is 0.299. The first-order valence-corrected chi connectivity index (χ1v) is 8.92. The molecule has 0 unspecified atom stereocenters. The number of rotatable bonds is 7. The fourth-order valence-electron chi connectivity index (χ4n) is 2.69. The van der Waals surface area contributed by atoms with Gasteiger partial charge in [-0.2, -0.15) is 0 Å². The normalized spacial score (nSPS) is 10.1. The van der Waals surface area contributed by atoms with Gasteiger partial charge < -0.3 is 20.1 Å². The zero-order chi connectivity index (χ0) is 20.6. The van der Waals surface area contributed by atoms with Crippen LogP contribution in [0.2, 0.25) is 0 Å². The molecule has 0 saturated heterocycles. The lowest BCUT2D eigenvalue weighted by molar-refractivity contribution is 0.0950. The SMILES string of the molecule is COc1ccc(CNC(=O)c2ccnc(C(=O)Nc3ccccc3)c2)cc1OC. The van der Waals surface area contributed by atoms with Crippen LogP contribution >= 0.6 is 0 Å². The minimum atomic E-state index is -0.384. The maximum Gasteiger partial charge on any atom is 0.274 e. The average molecular weight is 391 g/mol. The van der Waals surface area contributed by atoms with Gasteiger partial charge in [0, 0.05) is 24.0 Å². The number of carbonyl (C=O) groups excluding carboxylic acids is 2. The van der Waals surface area contributed by atoms with Gasteiger partial charge in [-0.1, -0.05) is 24.3 Å². The van der Waals surface area contributed by atoms with Gasteiger partial charge in [0.05, 0.1) is 14.2 Å². The molecule has 0 aliphatic heterocycles. The number of nitrogens with zero attached hydrogens (tertiary/aromatic N) is 1. The third kappa shape index (κ3) is 5.10. The van der Waals surface area contributed by atoms with Crippen molar-refractivity contribution in [3.63, 3.8) is 0 Å². The Hall–Kier alpha value is -3.87. The van der Waals surface area contributed by atoms with E-state index in [1.54, 1.807) is 44.6 Å². The molecule has 148 valence electrons. The summed E-state index contributed by atoms with van der Waals surface area (Å²) >= 11 is 0. The quantitative estimate of drug-likeness (QED) is 0.645. The number of anilines is 1. The molecule has 7 heteroatoms. The van der Waals surface area contributed by atoms with E-state index in [2.05, 4.69) is 15.6 Å². The number of pyridine rings is 1. The predicted octanol–water partition coefficient (Wildman–Crippen LogP) is 3.28. The second-order valence-corrected chi connectivity index (χ2v) is 6.12. The number of aromatic nitrogens is 1. The number of para-hydroxylation sites is 1. The number of hydrogen-bond donors (Lipinski definition) is 2. The van der Waals surface area contributed by atoms with Gasteiger partial charge in [0.25, 0.3) is 11.8 Å². The van der Waals surface area contributed by atoms with Crippen molar-refractivity contribution in [2.45, 2.75) is 6.54 Å². The molecule has 0 bridgehead atoms. The number of nitrogens with one attached hydrogen (secondary N) is 2. The van der Waals surface area contributed by atoms with Gasteiger partial charge in [0.2, 0.25) is 0 Å². The monoisotopic (exact) mass is 391 g/mol. The molecule has 0 aliphatic rings. The van der Waals surface area contributed by atoms with Gasteiger partial charge >= 0.3 is 0 Å². The number of carbonyl (C=O) groups is 2. The van der Waals surface area contributed by atoms with Crippen molar-refractivity contribution in [2.24, 2.45) is 0 Å². The van der Waals surface area contributed by atoms with E-state index in [1.165, 1.54) is 12.3 Å². The molecule has 0 aliphatic carbocycles. The van der Waals surface area contributed by atoms with E-state index in [1.807, 2.05) is 24.3 Å². The third-order valence-electron chi connectivity index (χ3n) is 4.19. The highest BCUT2D eigenvalue weighted by Gasteiger charge is 2.13. The fourth-order valence-corrected chi connectivity index (χ4v) is 2.69. The lowest BCUT2D eigenvalue weighted by Gasteiger charge is -2.11. The van der Waals surface area contributed by atoms with Crippen molar-refractivity contribution in [1.29, 1.82) is 0 Å². The van der Waals surface area contributed by atoms with Crippen LogP contribution in [-0.2, 0) is 6.54 Å². The largest absolute Gasteiger partial charge is 0.493 e. The van der Waals surface area contributed by atoms with Crippen LogP contribution in [0.25, 0.3) is 0 Å². The Morgan fingerprint density at radius 2 is 1.66 bits per heavy atom. The number of amides is 2. The molecule has 3 aromatic rings. The van der Waals surface area contributed by atoms with E-state index in [0.29, 0.717) is 29.3 Å². The topological polar surface area (TPSA) is 89.5 Å². The van der Waals surface area contributed by atoms with Crippen LogP contribution in [0.4, 0.5) is 5.69 Å². The van der Waals surface area contributed by atoms with E-state index in [0.717, 1.165) is 5.56 Å². The predicted molar refractivity (Wildman–Crippen MR) is 109 cm³/mol. The van der Waals surface area contributed by atoms with Crippen LogP contribution in [0.3, 0.4) is 0 Å². The minimum absolute atomic E-state index is 0.160. The van der Waals surface area contributed by atoms with E-state index >= 15 is 0 Å². The maximum absolute atomic E-state index is 12.5. The molecule has 0 saturated carbocycles. The minimum Gasteiger partial charge on any atom is -0.493 e. The summed E-state index contributed by atoms with van der Waals surface area (Å²) in [5.74, 6) is 0.510. The highest BCUT2D eigenvalue weighted by atomic mass is 16.5. The van der Waals surface area contributed by atoms with Gasteiger partial charge in [-0.05, 0) is 42.0 Å². The summed E-state index contributed by atoms with van der Waals surface area (Å²) in [6, 6.07) is 17.5. The molecule has 2 amide bonds. The number of hydrogen-bond acceptors (Lipinski definition) is 5. The molecule has 0 radical (unpaired) electrons. The lowest BCUT2D eigenvalue weighted by atomic mass is 10.1. The second kappa shape index (κ2) is 9.36. The van der Waals surface area contributed by atoms with E-state index in [4.69, 9.17) is 9.47 Å². The van der Waals surface area contributed by atoms with Crippen molar-refractivity contribution in [1.82, 2.24) is 10.3 Å². The lowest BCUT2D eigenvalue weighted by Crippen LogP contribution is -2.23. The molecular weight excluding hydrogens is 370 g/mol. The van der Waals surface area contributed by atoms with Gasteiger partial charge in [0.15, 0.2) is 11.5 Å². The van der Waals surface area contributed by atoms with Crippen LogP contribution in [0.15, 0.2) is 66.9 Å². The Labute approximate surface area is 168 Å². The molecule has 0 spiro atoms.